The van der Waals surface area contributed by atoms with E-state index < -0.39 is 24.4 Å². The number of alkyl halides is 2. The minimum atomic E-state index is -1.29. The highest BCUT2D eigenvalue weighted by molar-refractivity contribution is 5.66. The summed E-state index contributed by atoms with van der Waals surface area (Å²) in [6, 6.07) is 0. The Bertz CT molecular complexity index is 548. The molecule has 0 bridgehead atoms. The summed E-state index contributed by atoms with van der Waals surface area (Å²) in [7, 11) is 0. The third-order valence-electron chi connectivity index (χ3n) is 5.71. The van der Waals surface area contributed by atoms with Gasteiger partial charge in [0.1, 0.15) is 24.1 Å². The van der Waals surface area contributed by atoms with Gasteiger partial charge in [-0.25, -0.2) is 8.78 Å². The van der Waals surface area contributed by atoms with E-state index in [0.717, 1.165) is 19.3 Å². The molecule has 27 heavy (non-hydrogen) atoms. The average Bonchev–Trinajstić information content (AvgIpc) is 3.09. The lowest BCUT2D eigenvalue weighted by Crippen LogP contribution is -2.24. The number of rotatable bonds is 10. The highest BCUT2D eigenvalue weighted by Gasteiger charge is 2.52. The summed E-state index contributed by atoms with van der Waals surface area (Å²) in [5.41, 5.74) is 0. The summed E-state index contributed by atoms with van der Waals surface area (Å²) in [6.07, 6.45) is 4.63. The summed E-state index contributed by atoms with van der Waals surface area (Å²) < 4.78 is 34.6. The first kappa shape index (κ1) is 21.9. The first-order chi connectivity index (χ1) is 12.8. The number of aliphatic hydroxyl groups is 1. The Labute approximate surface area is 160 Å². The summed E-state index contributed by atoms with van der Waals surface area (Å²) >= 11 is 0. The van der Waals surface area contributed by atoms with Crippen molar-refractivity contribution in [3.8, 4) is 0 Å². The molecule has 0 aromatic rings. The Morgan fingerprint density at radius 2 is 2.15 bits per heavy atom. The molecule has 1 aliphatic carbocycles. The average molecular weight is 386 g/mol. The van der Waals surface area contributed by atoms with Gasteiger partial charge < -0.3 is 14.9 Å². The molecule has 0 amide bonds. The van der Waals surface area contributed by atoms with Crippen molar-refractivity contribution in [2.24, 2.45) is 17.8 Å². The van der Waals surface area contributed by atoms with E-state index in [1.165, 1.54) is 6.08 Å². The number of carbonyl (C=O) groups is 1. The molecule has 1 aliphatic heterocycles. The first-order valence-electron chi connectivity index (χ1n) is 10.1. The number of carboxylic acid groups (broad SMARTS) is 1. The number of fused-ring (bicyclic) bond motifs is 1. The van der Waals surface area contributed by atoms with Gasteiger partial charge in [-0.05, 0) is 43.6 Å². The van der Waals surface area contributed by atoms with Crippen LogP contribution in [0.4, 0.5) is 8.78 Å². The van der Waals surface area contributed by atoms with Gasteiger partial charge in [0, 0.05) is 12.3 Å². The van der Waals surface area contributed by atoms with Crippen molar-refractivity contribution in [2.75, 3.05) is 0 Å². The molecular formula is C21H32F2O4. The third kappa shape index (κ3) is 5.77. The molecule has 4 nitrogen and oxygen atoms in total. The summed E-state index contributed by atoms with van der Waals surface area (Å²) in [5, 5.41) is 18.7. The van der Waals surface area contributed by atoms with Crippen LogP contribution < -0.4 is 0 Å². The molecule has 0 aromatic heterocycles. The Morgan fingerprint density at radius 1 is 1.41 bits per heavy atom. The zero-order chi connectivity index (χ0) is 20.0. The van der Waals surface area contributed by atoms with E-state index >= 15 is 0 Å². The van der Waals surface area contributed by atoms with Crippen LogP contribution in [0.25, 0.3) is 0 Å². The smallest absolute Gasteiger partial charge is 0.303 e. The number of hydrogen-bond acceptors (Lipinski definition) is 3. The zero-order valence-electron chi connectivity index (χ0n) is 16.2. The molecule has 2 aliphatic rings. The minimum absolute atomic E-state index is 0.0519. The van der Waals surface area contributed by atoms with Crippen molar-refractivity contribution < 1.29 is 28.5 Å². The Kier molecular flexibility index (Phi) is 8.27. The molecule has 6 heteroatoms. The lowest BCUT2D eigenvalue weighted by atomic mass is 9.86. The second-order valence-corrected chi connectivity index (χ2v) is 7.85. The van der Waals surface area contributed by atoms with E-state index in [4.69, 9.17) is 9.84 Å². The van der Waals surface area contributed by atoms with Crippen molar-refractivity contribution in [3.63, 3.8) is 0 Å². The molecule has 154 valence electrons. The topological polar surface area (TPSA) is 66.8 Å². The molecule has 0 radical (unpaired) electrons. The first-order valence-corrected chi connectivity index (χ1v) is 10.1. The fourth-order valence-electron chi connectivity index (χ4n) is 4.16. The van der Waals surface area contributed by atoms with Crippen molar-refractivity contribution in [1.29, 1.82) is 0 Å². The molecular weight excluding hydrogens is 354 g/mol. The van der Waals surface area contributed by atoms with Crippen molar-refractivity contribution >= 4 is 5.97 Å². The predicted octanol–water partition coefficient (Wildman–Crippen LogP) is 4.58. The van der Waals surface area contributed by atoms with Crippen LogP contribution in [-0.4, -0.2) is 40.7 Å². The number of halogens is 2. The Balaban J connectivity index is 1.95. The highest BCUT2D eigenvalue weighted by atomic mass is 19.1. The number of aliphatic carboxylic acids is 1. The van der Waals surface area contributed by atoms with Gasteiger partial charge in [0.25, 0.3) is 0 Å². The number of aliphatic hydroxyl groups excluding tert-OH is 1. The van der Waals surface area contributed by atoms with Gasteiger partial charge in [-0.2, -0.15) is 0 Å². The molecule has 0 aromatic carbocycles. The quantitative estimate of drug-likeness (QED) is 0.426. The number of allylic oxidation sites excluding steroid dienone is 3. The maximum Gasteiger partial charge on any atom is 0.303 e. The van der Waals surface area contributed by atoms with E-state index in [0.29, 0.717) is 25.0 Å². The van der Waals surface area contributed by atoms with Gasteiger partial charge in [-0.1, -0.05) is 38.8 Å². The van der Waals surface area contributed by atoms with Gasteiger partial charge in [0.2, 0.25) is 0 Å². The second-order valence-electron chi connectivity index (χ2n) is 7.85. The fraction of sp³-hybridized carbons (Fsp3) is 0.762. The maximum absolute atomic E-state index is 14.9. The molecule has 1 saturated heterocycles. The number of hydrogen-bond donors (Lipinski definition) is 2. The third-order valence-corrected chi connectivity index (χ3v) is 5.71. The van der Waals surface area contributed by atoms with Crippen LogP contribution in [-0.2, 0) is 9.53 Å². The maximum atomic E-state index is 14.9. The van der Waals surface area contributed by atoms with Crippen LogP contribution in [0.1, 0.15) is 58.8 Å². The molecule has 7 atom stereocenters. The zero-order valence-corrected chi connectivity index (χ0v) is 16.2. The van der Waals surface area contributed by atoms with E-state index in [2.05, 4.69) is 0 Å². The number of unbranched alkanes of at least 4 members (excludes halogenated alkanes) is 2. The summed E-state index contributed by atoms with van der Waals surface area (Å²) in [6.45, 7) is 4.00. The molecule has 2 N–H and O–H groups in total. The van der Waals surface area contributed by atoms with Crippen molar-refractivity contribution in [3.05, 3.63) is 24.0 Å². The Hall–Kier alpha value is -1.43. The van der Waals surface area contributed by atoms with Crippen LogP contribution in [0.2, 0.25) is 0 Å². The van der Waals surface area contributed by atoms with Crippen LogP contribution in [0.15, 0.2) is 24.0 Å². The molecule has 2 fully saturated rings. The van der Waals surface area contributed by atoms with Crippen molar-refractivity contribution in [1.82, 2.24) is 0 Å². The van der Waals surface area contributed by atoms with Gasteiger partial charge in [-0.3, -0.25) is 4.79 Å². The summed E-state index contributed by atoms with van der Waals surface area (Å²) in [5.74, 6) is -0.806. The van der Waals surface area contributed by atoms with E-state index in [1.54, 1.807) is 12.2 Å². The molecule has 2 rings (SSSR count). The van der Waals surface area contributed by atoms with E-state index in [-0.39, 0.29) is 30.3 Å². The molecule has 1 heterocycles. The van der Waals surface area contributed by atoms with Gasteiger partial charge in [0.15, 0.2) is 6.17 Å². The number of ether oxygens (including phenoxy) is 1. The molecule has 0 spiro atoms. The standard InChI is InChI=1S/C21H32F2O4/c1-3-4-7-15(22)16(24)11-10-14-13(2)12-18-20(14)21(23)17(27-18)8-5-6-9-19(25)26/h8,10-11,13-16,18,20-21,24H,3-7,9,12H2,1-2H3,(H,25,26)/b11-10+,17-8-/t13-,14+,15?,16-,18-,20-,21?/m1/s1. The van der Waals surface area contributed by atoms with E-state index in [9.17, 15) is 18.7 Å². The number of carboxylic acids is 1. The lowest BCUT2D eigenvalue weighted by molar-refractivity contribution is -0.137. The predicted molar refractivity (Wildman–Crippen MR) is 99.7 cm³/mol. The van der Waals surface area contributed by atoms with Crippen molar-refractivity contribution in [2.45, 2.75) is 83.3 Å². The lowest BCUT2D eigenvalue weighted by Gasteiger charge is -2.20. The highest BCUT2D eigenvalue weighted by Crippen LogP contribution is 2.49. The summed E-state index contributed by atoms with van der Waals surface area (Å²) in [4.78, 5) is 10.6. The minimum Gasteiger partial charge on any atom is -0.492 e. The normalized spacial score (nSPS) is 34.0. The molecule has 2 unspecified atom stereocenters. The van der Waals surface area contributed by atoms with Gasteiger partial charge >= 0.3 is 5.97 Å². The Morgan fingerprint density at radius 3 is 2.81 bits per heavy atom. The van der Waals surface area contributed by atoms with Crippen LogP contribution >= 0.6 is 0 Å². The van der Waals surface area contributed by atoms with Crippen LogP contribution in [0.5, 0.6) is 0 Å². The monoisotopic (exact) mass is 386 g/mol. The van der Waals surface area contributed by atoms with Crippen LogP contribution in [0.3, 0.4) is 0 Å². The molecule has 1 saturated carbocycles. The SMILES string of the molecule is CCCCC(F)[C@H](O)/C=C/[C@@H]1[C@H]2C(F)/C(=C/CCCC(=O)O)O[C@@H]2C[C@H]1C. The largest absolute Gasteiger partial charge is 0.492 e. The van der Waals surface area contributed by atoms with E-state index in [1.807, 2.05) is 13.8 Å². The van der Waals surface area contributed by atoms with Crippen LogP contribution in [0, 0.1) is 17.8 Å². The second kappa shape index (κ2) is 10.2. The van der Waals surface area contributed by atoms with Gasteiger partial charge in [-0.15, -0.1) is 0 Å². The van der Waals surface area contributed by atoms with Gasteiger partial charge in [0.05, 0.1) is 0 Å². The fourth-order valence-corrected chi connectivity index (χ4v) is 4.16.